The molecular formula is C33H43N5O4. The third-order valence-corrected chi connectivity index (χ3v) is 7.06. The molecule has 42 heavy (non-hydrogen) atoms. The van der Waals surface area contributed by atoms with Gasteiger partial charge in [0, 0.05) is 58.2 Å². The van der Waals surface area contributed by atoms with E-state index in [9.17, 15) is 9.59 Å². The number of ether oxygens (including phenoxy) is 2. The minimum atomic E-state index is -0.552. The van der Waals surface area contributed by atoms with Crippen LogP contribution < -0.4 is 15.1 Å². The normalized spacial score (nSPS) is 14.2. The summed E-state index contributed by atoms with van der Waals surface area (Å²) in [5, 5.41) is 3.23. The molecule has 1 N–H and O–H groups in total. The van der Waals surface area contributed by atoms with Gasteiger partial charge in [-0.3, -0.25) is 4.79 Å². The van der Waals surface area contributed by atoms with Gasteiger partial charge in [0.1, 0.15) is 11.4 Å². The quantitative estimate of drug-likeness (QED) is 0.312. The summed E-state index contributed by atoms with van der Waals surface area (Å²) >= 11 is 0. The van der Waals surface area contributed by atoms with E-state index in [1.54, 1.807) is 18.1 Å². The molecule has 1 atom stereocenters. The van der Waals surface area contributed by atoms with Crippen molar-refractivity contribution in [1.82, 2.24) is 9.88 Å². The van der Waals surface area contributed by atoms with Gasteiger partial charge in [-0.05, 0) is 57.4 Å². The lowest BCUT2D eigenvalue weighted by atomic mass is 10.1. The highest BCUT2D eigenvalue weighted by atomic mass is 16.6. The van der Waals surface area contributed by atoms with Crippen LogP contribution in [0.15, 0.2) is 66.9 Å². The molecule has 1 unspecified atom stereocenters. The molecule has 9 heteroatoms. The summed E-state index contributed by atoms with van der Waals surface area (Å²) in [6, 6.07) is 19.9. The summed E-state index contributed by atoms with van der Waals surface area (Å²) in [7, 11) is 3.74. The Bertz CT molecular complexity index is 1360. The molecule has 1 aromatic heterocycles. The van der Waals surface area contributed by atoms with Crippen molar-refractivity contribution < 1.29 is 19.1 Å². The number of benzene rings is 2. The first-order chi connectivity index (χ1) is 20.1. The molecule has 9 nitrogen and oxygen atoms in total. The summed E-state index contributed by atoms with van der Waals surface area (Å²) in [5.41, 5.74) is 3.72. The maximum Gasteiger partial charge on any atom is 0.410 e. The number of pyridine rings is 1. The van der Waals surface area contributed by atoms with Crippen molar-refractivity contribution in [3.8, 4) is 0 Å². The van der Waals surface area contributed by atoms with Gasteiger partial charge in [-0.2, -0.15) is 0 Å². The average molecular weight is 574 g/mol. The first-order valence-electron chi connectivity index (χ1n) is 14.5. The van der Waals surface area contributed by atoms with Crippen LogP contribution in [-0.4, -0.2) is 67.8 Å². The second kappa shape index (κ2) is 13.7. The molecule has 2 amide bonds. The molecule has 0 fully saturated rings. The van der Waals surface area contributed by atoms with Crippen LogP contribution in [0.5, 0.6) is 0 Å². The Morgan fingerprint density at radius 3 is 2.57 bits per heavy atom. The van der Waals surface area contributed by atoms with Crippen LogP contribution in [0.2, 0.25) is 0 Å². The lowest BCUT2D eigenvalue weighted by Crippen LogP contribution is -2.35. The number of nitrogens with zero attached hydrogens (tertiary/aromatic N) is 4. The molecule has 0 aliphatic carbocycles. The first kappa shape index (κ1) is 30.8. The summed E-state index contributed by atoms with van der Waals surface area (Å²) in [6.45, 7) is 10.4. The zero-order chi connectivity index (χ0) is 30.3. The van der Waals surface area contributed by atoms with Crippen LogP contribution >= 0.6 is 0 Å². The van der Waals surface area contributed by atoms with Gasteiger partial charge in [-0.1, -0.05) is 42.5 Å². The number of nitrogens with one attached hydrogen (secondary N) is 1. The molecule has 3 aromatic rings. The fourth-order valence-corrected chi connectivity index (χ4v) is 4.83. The van der Waals surface area contributed by atoms with Gasteiger partial charge in [0.2, 0.25) is 0 Å². The lowest BCUT2D eigenvalue weighted by Gasteiger charge is -2.26. The standard InChI is InChI=1S/C33H43N5O4/c1-7-34-30-21-28-27(22-35-30)31(39)38(19-18-36(28)5)26-15-11-12-24(20-26)23-41-29(25-13-9-8-10-14-25)16-17-37(6)32(40)42-33(2,3)4/h8-15,20-22,29H,7,16-19,23H2,1-6H3,(H,34,35). The number of carbonyl (C=O) groups is 2. The monoisotopic (exact) mass is 573 g/mol. The van der Waals surface area contributed by atoms with Crippen molar-refractivity contribution in [3.63, 3.8) is 0 Å². The first-order valence-corrected chi connectivity index (χ1v) is 14.5. The van der Waals surface area contributed by atoms with Crippen molar-refractivity contribution in [2.75, 3.05) is 55.4 Å². The third kappa shape index (κ3) is 8.00. The molecule has 0 spiro atoms. The molecular weight excluding hydrogens is 530 g/mol. The van der Waals surface area contributed by atoms with E-state index in [0.29, 0.717) is 38.2 Å². The predicted molar refractivity (Wildman–Crippen MR) is 167 cm³/mol. The largest absolute Gasteiger partial charge is 0.444 e. The van der Waals surface area contributed by atoms with Gasteiger partial charge >= 0.3 is 6.09 Å². The second-order valence-electron chi connectivity index (χ2n) is 11.6. The van der Waals surface area contributed by atoms with Gasteiger partial charge in [-0.25, -0.2) is 9.78 Å². The van der Waals surface area contributed by atoms with E-state index < -0.39 is 5.60 Å². The van der Waals surface area contributed by atoms with Gasteiger partial charge in [0.25, 0.3) is 5.91 Å². The van der Waals surface area contributed by atoms with Crippen LogP contribution in [0.3, 0.4) is 0 Å². The molecule has 2 heterocycles. The lowest BCUT2D eigenvalue weighted by molar-refractivity contribution is 0.0137. The topological polar surface area (TPSA) is 87.2 Å². The smallest absolute Gasteiger partial charge is 0.410 e. The van der Waals surface area contributed by atoms with E-state index in [2.05, 4.69) is 15.2 Å². The summed E-state index contributed by atoms with van der Waals surface area (Å²) < 4.78 is 11.9. The highest BCUT2D eigenvalue weighted by molar-refractivity contribution is 6.10. The Morgan fingerprint density at radius 1 is 1.10 bits per heavy atom. The Hall–Kier alpha value is -4.11. The third-order valence-electron chi connectivity index (χ3n) is 7.06. The minimum absolute atomic E-state index is 0.0738. The van der Waals surface area contributed by atoms with E-state index in [1.165, 1.54) is 0 Å². The van der Waals surface area contributed by atoms with E-state index in [4.69, 9.17) is 9.47 Å². The van der Waals surface area contributed by atoms with E-state index >= 15 is 0 Å². The van der Waals surface area contributed by atoms with Crippen molar-refractivity contribution in [1.29, 1.82) is 0 Å². The molecule has 4 rings (SSSR count). The van der Waals surface area contributed by atoms with Crippen LogP contribution in [0.1, 0.15) is 61.7 Å². The van der Waals surface area contributed by atoms with Gasteiger partial charge in [-0.15, -0.1) is 0 Å². The van der Waals surface area contributed by atoms with E-state index in [1.807, 2.05) is 100 Å². The van der Waals surface area contributed by atoms with Crippen LogP contribution in [0, 0.1) is 0 Å². The highest BCUT2D eigenvalue weighted by Crippen LogP contribution is 2.30. The number of rotatable bonds is 10. The number of fused-ring (bicyclic) bond motifs is 1. The van der Waals surface area contributed by atoms with Crippen LogP contribution in [0.4, 0.5) is 22.0 Å². The average Bonchev–Trinajstić information content (AvgIpc) is 3.08. The fourth-order valence-electron chi connectivity index (χ4n) is 4.83. The van der Waals surface area contributed by atoms with Gasteiger partial charge in [0.15, 0.2) is 0 Å². The fraction of sp³-hybridized carbons (Fsp3) is 0.424. The van der Waals surface area contributed by atoms with E-state index in [0.717, 1.165) is 34.9 Å². The van der Waals surface area contributed by atoms with Crippen LogP contribution in [0.25, 0.3) is 0 Å². The number of carbonyl (C=O) groups excluding carboxylic acids is 2. The molecule has 0 saturated heterocycles. The van der Waals surface area contributed by atoms with E-state index in [-0.39, 0.29) is 18.1 Å². The summed E-state index contributed by atoms with van der Waals surface area (Å²) in [5.74, 6) is 0.684. The van der Waals surface area contributed by atoms with Crippen molar-refractivity contribution in [3.05, 3.63) is 83.6 Å². The van der Waals surface area contributed by atoms with Crippen molar-refractivity contribution in [2.24, 2.45) is 0 Å². The minimum Gasteiger partial charge on any atom is -0.444 e. The maximum atomic E-state index is 13.7. The van der Waals surface area contributed by atoms with Gasteiger partial charge in [0.05, 0.1) is 24.0 Å². The maximum absolute atomic E-state index is 13.7. The SMILES string of the molecule is CCNc1cc2c(cn1)C(=O)N(c1cccc(COC(CCN(C)C(=O)OC(C)(C)C)c3ccccc3)c1)CCN2C. The zero-order valence-electron chi connectivity index (χ0n) is 25.6. The van der Waals surface area contributed by atoms with Crippen LogP contribution in [-0.2, 0) is 16.1 Å². The molecule has 1 aliphatic heterocycles. The Labute approximate surface area is 249 Å². The predicted octanol–water partition coefficient (Wildman–Crippen LogP) is 6.12. The van der Waals surface area contributed by atoms with Crippen molar-refractivity contribution in [2.45, 2.75) is 52.4 Å². The molecule has 0 saturated carbocycles. The molecule has 0 bridgehead atoms. The number of likely N-dealkylation sites (N-methyl/N-ethyl adjacent to an activating group) is 1. The zero-order valence-corrected chi connectivity index (χ0v) is 25.6. The Morgan fingerprint density at radius 2 is 1.86 bits per heavy atom. The molecule has 224 valence electrons. The Kier molecular flexibility index (Phi) is 10.1. The van der Waals surface area contributed by atoms with Gasteiger partial charge < -0.3 is 29.5 Å². The summed E-state index contributed by atoms with van der Waals surface area (Å²) in [6.07, 6.45) is 1.69. The second-order valence-corrected chi connectivity index (χ2v) is 11.6. The van der Waals surface area contributed by atoms with Crippen molar-refractivity contribution >= 4 is 29.2 Å². The highest BCUT2D eigenvalue weighted by Gasteiger charge is 2.27. The number of anilines is 3. The number of hydrogen-bond acceptors (Lipinski definition) is 7. The molecule has 2 aromatic carbocycles. The number of amides is 2. The molecule has 0 radical (unpaired) electrons. The molecule has 1 aliphatic rings. The number of aromatic nitrogens is 1. The Balaban J connectivity index is 1.47. The number of hydrogen-bond donors (Lipinski definition) is 1. The summed E-state index contributed by atoms with van der Waals surface area (Å²) in [4.78, 5) is 36.1.